The molecule has 58 valence electrons. The number of alkyl halides is 1. The van der Waals surface area contributed by atoms with Crippen molar-refractivity contribution in [2.45, 2.75) is 33.6 Å². The predicted octanol–water partition coefficient (Wildman–Crippen LogP) is 3.05. The molecule has 0 N–H and O–H groups in total. The largest absolute Gasteiger partial charge is 0.125 e. The molecule has 0 saturated heterocycles. The zero-order chi connectivity index (χ0) is 8.04. The second-order valence-corrected chi connectivity index (χ2v) is 3.34. The Morgan fingerprint density at radius 1 is 1.40 bits per heavy atom. The molecule has 0 unspecified atom stereocenters. The molecule has 0 radical (unpaired) electrons. The topological polar surface area (TPSA) is 0 Å². The molecular formula is C9H15Cl. The Morgan fingerprint density at radius 2 is 2.00 bits per heavy atom. The normalized spacial score (nSPS) is 10.4. The highest BCUT2D eigenvalue weighted by atomic mass is 35.5. The van der Waals surface area contributed by atoms with Crippen LogP contribution in [-0.2, 0) is 0 Å². The van der Waals surface area contributed by atoms with Crippen LogP contribution in [0.25, 0.3) is 0 Å². The smallest absolute Gasteiger partial charge is 0.0393 e. The molecular weight excluding hydrogens is 144 g/mol. The van der Waals surface area contributed by atoms with E-state index >= 15 is 0 Å². The van der Waals surface area contributed by atoms with E-state index in [0.717, 1.165) is 12.8 Å². The van der Waals surface area contributed by atoms with E-state index in [4.69, 9.17) is 11.6 Å². The Bertz CT molecular complexity index is 137. The number of unbranched alkanes of at least 4 members (excludes halogenated alkanes) is 1. The van der Waals surface area contributed by atoms with Gasteiger partial charge in [0.15, 0.2) is 0 Å². The Balaban J connectivity index is 3.77. The lowest BCUT2D eigenvalue weighted by Crippen LogP contribution is -2.09. The van der Waals surface area contributed by atoms with Crippen molar-refractivity contribution in [3.05, 3.63) is 0 Å². The van der Waals surface area contributed by atoms with E-state index in [-0.39, 0.29) is 5.41 Å². The van der Waals surface area contributed by atoms with E-state index in [9.17, 15) is 0 Å². The van der Waals surface area contributed by atoms with E-state index in [1.54, 1.807) is 0 Å². The third-order valence-corrected chi connectivity index (χ3v) is 1.80. The molecule has 0 aromatic carbocycles. The lowest BCUT2D eigenvalue weighted by molar-refractivity contribution is 0.578. The monoisotopic (exact) mass is 158 g/mol. The minimum absolute atomic E-state index is 0.00325. The molecule has 0 spiro atoms. The van der Waals surface area contributed by atoms with Gasteiger partial charge >= 0.3 is 0 Å². The summed E-state index contributed by atoms with van der Waals surface area (Å²) in [4.78, 5) is 0. The summed E-state index contributed by atoms with van der Waals surface area (Å²) in [6, 6.07) is 0. The Morgan fingerprint density at radius 3 is 2.40 bits per heavy atom. The van der Waals surface area contributed by atoms with E-state index in [2.05, 4.69) is 32.6 Å². The van der Waals surface area contributed by atoms with Gasteiger partial charge in [0.2, 0.25) is 0 Å². The summed E-state index contributed by atoms with van der Waals surface area (Å²) in [6.45, 7) is 6.24. The Kier molecular flexibility index (Phi) is 4.56. The molecule has 0 aliphatic carbocycles. The molecule has 0 aromatic rings. The standard InChI is InChI=1S/C9H15Cl/c1-4-5-6-7-9(2,3)8-10/h4-5,8H2,1-3H3. The molecule has 0 aliphatic heterocycles. The highest BCUT2D eigenvalue weighted by Gasteiger charge is 2.10. The van der Waals surface area contributed by atoms with E-state index in [0.29, 0.717) is 5.88 Å². The highest BCUT2D eigenvalue weighted by Crippen LogP contribution is 2.14. The van der Waals surface area contributed by atoms with Crippen LogP contribution < -0.4 is 0 Å². The van der Waals surface area contributed by atoms with E-state index in [1.165, 1.54) is 0 Å². The summed E-state index contributed by atoms with van der Waals surface area (Å²) in [5.74, 6) is 6.83. The van der Waals surface area contributed by atoms with Gasteiger partial charge in [0.05, 0.1) is 0 Å². The fraction of sp³-hybridized carbons (Fsp3) is 0.778. The molecule has 0 atom stereocenters. The number of hydrogen-bond acceptors (Lipinski definition) is 0. The van der Waals surface area contributed by atoms with E-state index < -0.39 is 0 Å². The first-order valence-corrected chi connectivity index (χ1v) is 4.22. The van der Waals surface area contributed by atoms with Gasteiger partial charge in [-0.3, -0.25) is 0 Å². The van der Waals surface area contributed by atoms with Gasteiger partial charge in [0.25, 0.3) is 0 Å². The van der Waals surface area contributed by atoms with Gasteiger partial charge in [0.1, 0.15) is 0 Å². The van der Waals surface area contributed by atoms with Crippen LogP contribution in [0.4, 0.5) is 0 Å². The predicted molar refractivity (Wildman–Crippen MR) is 47.2 cm³/mol. The third-order valence-electron chi connectivity index (χ3n) is 1.14. The number of halogens is 1. The first-order chi connectivity index (χ1) is 4.62. The van der Waals surface area contributed by atoms with Crippen LogP contribution in [0.1, 0.15) is 33.6 Å². The molecule has 0 amide bonds. The van der Waals surface area contributed by atoms with Crippen molar-refractivity contribution in [2.75, 3.05) is 5.88 Å². The van der Waals surface area contributed by atoms with Crippen LogP contribution in [0, 0.1) is 17.3 Å². The molecule has 0 nitrogen and oxygen atoms in total. The SMILES string of the molecule is CCCC#CC(C)(C)CCl. The lowest BCUT2D eigenvalue weighted by atomic mass is 9.97. The number of hydrogen-bond donors (Lipinski definition) is 0. The molecule has 0 saturated carbocycles. The fourth-order valence-electron chi connectivity index (χ4n) is 0.460. The average Bonchev–Trinajstić information content (AvgIpc) is 1.89. The molecule has 0 fully saturated rings. The summed E-state index contributed by atoms with van der Waals surface area (Å²) in [5.41, 5.74) is -0.00325. The first kappa shape index (κ1) is 9.85. The minimum atomic E-state index is -0.00325. The maximum absolute atomic E-state index is 5.67. The molecule has 0 rings (SSSR count). The van der Waals surface area contributed by atoms with Gasteiger partial charge in [0, 0.05) is 17.7 Å². The molecule has 10 heavy (non-hydrogen) atoms. The van der Waals surface area contributed by atoms with Gasteiger partial charge in [-0.15, -0.1) is 17.5 Å². The van der Waals surface area contributed by atoms with Crippen LogP contribution in [0.15, 0.2) is 0 Å². The van der Waals surface area contributed by atoms with Gasteiger partial charge in [-0.1, -0.05) is 12.8 Å². The van der Waals surface area contributed by atoms with Crippen LogP contribution in [-0.4, -0.2) is 5.88 Å². The molecule has 0 aromatic heterocycles. The van der Waals surface area contributed by atoms with Gasteiger partial charge < -0.3 is 0 Å². The summed E-state index contributed by atoms with van der Waals surface area (Å²) < 4.78 is 0. The van der Waals surface area contributed by atoms with Crippen molar-refractivity contribution < 1.29 is 0 Å². The van der Waals surface area contributed by atoms with Gasteiger partial charge in [-0.05, 0) is 20.3 Å². The number of rotatable bonds is 2. The fourth-order valence-corrected chi connectivity index (χ4v) is 0.527. The second kappa shape index (κ2) is 4.63. The van der Waals surface area contributed by atoms with Crippen molar-refractivity contribution in [3.63, 3.8) is 0 Å². The third kappa shape index (κ3) is 4.70. The quantitative estimate of drug-likeness (QED) is 0.428. The van der Waals surface area contributed by atoms with Crippen LogP contribution in [0.2, 0.25) is 0 Å². The maximum Gasteiger partial charge on any atom is 0.0393 e. The summed E-state index contributed by atoms with van der Waals surface area (Å²) in [7, 11) is 0. The summed E-state index contributed by atoms with van der Waals surface area (Å²) in [6.07, 6.45) is 2.12. The van der Waals surface area contributed by atoms with Gasteiger partial charge in [-0.25, -0.2) is 0 Å². The van der Waals surface area contributed by atoms with Crippen LogP contribution in [0.5, 0.6) is 0 Å². The molecule has 1 heteroatoms. The van der Waals surface area contributed by atoms with Crippen LogP contribution >= 0.6 is 11.6 Å². The zero-order valence-corrected chi connectivity index (χ0v) is 7.76. The molecule has 0 heterocycles. The maximum atomic E-state index is 5.67. The van der Waals surface area contributed by atoms with E-state index in [1.807, 2.05) is 0 Å². The molecule has 0 aliphatic rings. The molecule has 0 bridgehead atoms. The average molecular weight is 159 g/mol. The summed E-state index contributed by atoms with van der Waals surface area (Å²) in [5, 5.41) is 0. The van der Waals surface area contributed by atoms with Gasteiger partial charge in [-0.2, -0.15) is 0 Å². The first-order valence-electron chi connectivity index (χ1n) is 3.68. The van der Waals surface area contributed by atoms with Crippen molar-refractivity contribution in [2.24, 2.45) is 5.41 Å². The van der Waals surface area contributed by atoms with Crippen molar-refractivity contribution in [3.8, 4) is 11.8 Å². The lowest BCUT2D eigenvalue weighted by Gasteiger charge is -2.11. The van der Waals surface area contributed by atoms with Crippen molar-refractivity contribution in [1.82, 2.24) is 0 Å². The van der Waals surface area contributed by atoms with Crippen molar-refractivity contribution >= 4 is 11.6 Å². The second-order valence-electron chi connectivity index (χ2n) is 3.07. The summed E-state index contributed by atoms with van der Waals surface area (Å²) >= 11 is 5.67. The zero-order valence-electron chi connectivity index (χ0n) is 7.00. The van der Waals surface area contributed by atoms with Crippen LogP contribution in [0.3, 0.4) is 0 Å². The Labute approximate surface area is 69.0 Å². The Hall–Kier alpha value is -0.150. The highest BCUT2D eigenvalue weighted by molar-refractivity contribution is 6.18. The minimum Gasteiger partial charge on any atom is -0.125 e. The van der Waals surface area contributed by atoms with Crippen molar-refractivity contribution in [1.29, 1.82) is 0 Å².